The average molecular weight is 1210 g/mol. The number of hydrogen-bond donors (Lipinski definition) is 0. The Labute approximate surface area is 440 Å². The summed E-state index contributed by atoms with van der Waals surface area (Å²) in [4.78, 5) is 29.0. The third kappa shape index (κ3) is 8.90. The van der Waals surface area contributed by atoms with Gasteiger partial charge in [0.1, 0.15) is 39.7 Å². The lowest BCUT2D eigenvalue weighted by atomic mass is 9.77. The number of benzene rings is 7. The van der Waals surface area contributed by atoms with Crippen molar-refractivity contribution in [2.24, 2.45) is 0 Å². The number of rotatable bonds is 2. The summed E-state index contributed by atoms with van der Waals surface area (Å²) in [5.41, 5.74) is 7.23. The van der Waals surface area contributed by atoms with E-state index in [9.17, 15) is 15.0 Å². The smallest absolute Gasteiger partial charge is 0.340 e. The molecule has 4 heterocycles. The van der Waals surface area contributed by atoms with Gasteiger partial charge in [0.25, 0.3) is 0 Å². The summed E-state index contributed by atoms with van der Waals surface area (Å²) in [5.74, 6) is -0.766. The fourth-order valence-electron chi connectivity index (χ4n) is 8.07. The Morgan fingerprint density at radius 3 is 1.46 bits per heavy atom. The number of halogens is 4. The van der Waals surface area contributed by atoms with Gasteiger partial charge in [0.05, 0.1) is 56.1 Å². The molecule has 0 fully saturated rings. The van der Waals surface area contributed by atoms with E-state index in [1.54, 1.807) is 59.1 Å². The summed E-state index contributed by atoms with van der Waals surface area (Å²) in [6.07, 6.45) is 0. The van der Waals surface area contributed by atoms with E-state index in [0.29, 0.717) is 22.3 Å². The second kappa shape index (κ2) is 19.1. The molecule has 1 spiro atoms. The van der Waals surface area contributed by atoms with Crippen LogP contribution in [0.5, 0.6) is 23.0 Å². The predicted octanol–water partition coefficient (Wildman–Crippen LogP) is 10.4. The molecular formula is C52H42Br4N6O5S2. The third-order valence-corrected chi connectivity index (χ3v) is 16.6. The normalized spacial score (nSPS) is 12.8. The fourth-order valence-corrected chi connectivity index (χ4v) is 12.5. The van der Waals surface area contributed by atoms with Crippen LogP contribution in [0.3, 0.4) is 0 Å². The Morgan fingerprint density at radius 2 is 1.03 bits per heavy atom. The second-order valence-electron chi connectivity index (χ2n) is 17.1. The second-order valence-corrected chi connectivity index (χ2v) is 22.6. The van der Waals surface area contributed by atoms with Crippen molar-refractivity contribution in [3.63, 3.8) is 0 Å². The standard InChI is InChI=1S/C20H8Br4O5.2C16H18N3S/c21-11-5-9-17(13(23)15(11)25)28-18-10(6-12(22)16(26)14(18)24)20(9)8-4-2-1-3-7(8)19(27)29-20;2*1-18(2)11-5-7-13-15(9-11)20-16-10-12(19(3)4)6-8-14(16)17-13/h1-6,25-26H;2*5-10H,1-4H3/q;2*+1/p-2. The van der Waals surface area contributed by atoms with Gasteiger partial charge in [-0.1, -0.05) is 61.6 Å². The van der Waals surface area contributed by atoms with Crippen molar-refractivity contribution in [2.75, 3.05) is 66.2 Å². The zero-order valence-electron chi connectivity index (χ0n) is 38.4. The van der Waals surface area contributed by atoms with Crippen LogP contribution in [0, 0.1) is 0 Å². The summed E-state index contributed by atoms with van der Waals surface area (Å²) in [7, 11) is 16.5. The number of anilines is 2. The van der Waals surface area contributed by atoms with Gasteiger partial charge in [-0.2, -0.15) is 0 Å². The van der Waals surface area contributed by atoms with E-state index in [1.807, 2.05) is 0 Å². The van der Waals surface area contributed by atoms with Gasteiger partial charge in [0.15, 0.2) is 5.60 Å². The van der Waals surface area contributed by atoms with Crippen molar-refractivity contribution in [3.8, 4) is 44.1 Å². The van der Waals surface area contributed by atoms with Crippen LogP contribution in [0.4, 0.5) is 11.4 Å². The maximum atomic E-state index is 12.8. The van der Waals surface area contributed by atoms with Crippen molar-refractivity contribution in [1.82, 2.24) is 19.1 Å². The molecule has 0 amide bonds. The summed E-state index contributed by atoms with van der Waals surface area (Å²) in [6, 6.07) is 35.9. The molecule has 69 heavy (non-hydrogen) atoms. The van der Waals surface area contributed by atoms with Gasteiger partial charge in [-0.25, -0.2) is 23.9 Å². The molecule has 11 rings (SSSR count). The Morgan fingerprint density at radius 1 is 0.580 bits per heavy atom. The first kappa shape index (κ1) is 48.6. The molecule has 2 aliphatic carbocycles. The number of esters is 1. The lowest BCUT2D eigenvalue weighted by Crippen LogP contribution is -2.33. The highest BCUT2D eigenvalue weighted by atomic mass is 79.9. The van der Waals surface area contributed by atoms with E-state index in [4.69, 9.17) is 19.4 Å². The number of nitrogens with zero attached hydrogens (tertiary/aromatic N) is 6. The van der Waals surface area contributed by atoms with Crippen LogP contribution in [-0.4, -0.2) is 72.3 Å². The van der Waals surface area contributed by atoms with Gasteiger partial charge in [-0.15, -0.1) is 22.7 Å². The van der Waals surface area contributed by atoms with E-state index in [1.165, 1.54) is 41.2 Å². The van der Waals surface area contributed by atoms with Gasteiger partial charge in [-0.3, -0.25) is 0 Å². The van der Waals surface area contributed by atoms with E-state index < -0.39 is 11.6 Å². The molecule has 5 aromatic rings. The summed E-state index contributed by atoms with van der Waals surface area (Å²) >= 11 is 16.8. The highest BCUT2D eigenvalue weighted by molar-refractivity contribution is 9.11. The minimum atomic E-state index is -1.38. The van der Waals surface area contributed by atoms with Crippen molar-refractivity contribution < 1.29 is 24.5 Å². The van der Waals surface area contributed by atoms with E-state index in [-0.39, 0.29) is 40.9 Å². The van der Waals surface area contributed by atoms with Crippen LogP contribution in [0.15, 0.2) is 127 Å². The maximum absolute atomic E-state index is 12.8. The number of fused-ring (bicyclic) bond motifs is 10. The molecule has 0 atom stereocenters. The number of aromatic nitrogens is 2. The number of hydrogen-bond acceptors (Lipinski definition) is 11. The quantitative estimate of drug-likeness (QED) is 0.0947. The van der Waals surface area contributed by atoms with E-state index in [2.05, 4.69) is 212 Å². The maximum Gasteiger partial charge on any atom is 0.340 e. The van der Waals surface area contributed by atoms with Crippen molar-refractivity contribution in [2.45, 2.75) is 5.60 Å². The highest BCUT2D eigenvalue weighted by Crippen LogP contribution is 2.62. The Balaban J connectivity index is 0.000000133. The molecule has 11 nitrogen and oxygen atoms in total. The van der Waals surface area contributed by atoms with Gasteiger partial charge >= 0.3 is 5.97 Å². The third-order valence-electron chi connectivity index (χ3n) is 11.8. The lowest BCUT2D eigenvalue weighted by molar-refractivity contribution is -0.271. The van der Waals surface area contributed by atoms with Gasteiger partial charge < -0.3 is 29.5 Å². The molecule has 0 unspecified atom stereocenters. The van der Waals surface area contributed by atoms with E-state index >= 15 is 0 Å². The van der Waals surface area contributed by atoms with Crippen LogP contribution in [-0.2, 0) is 10.3 Å². The first-order chi connectivity index (χ1) is 32.9. The van der Waals surface area contributed by atoms with Gasteiger partial charge in [0.2, 0.25) is 10.7 Å². The zero-order valence-corrected chi connectivity index (χ0v) is 46.4. The van der Waals surface area contributed by atoms with Gasteiger partial charge in [0, 0.05) is 89.5 Å². The topological polar surface area (TPSA) is 120 Å². The monoisotopic (exact) mass is 1210 g/mol. The van der Waals surface area contributed by atoms with Crippen molar-refractivity contribution in [3.05, 3.63) is 160 Å². The van der Waals surface area contributed by atoms with Crippen LogP contribution in [0.2, 0.25) is 0 Å². The number of carbonyl (C=O) groups is 1. The van der Waals surface area contributed by atoms with E-state index in [0.717, 1.165) is 22.4 Å². The summed E-state index contributed by atoms with van der Waals surface area (Å²) < 4.78 is 19.6. The molecule has 5 aromatic carbocycles. The van der Waals surface area contributed by atoms with Crippen LogP contribution < -0.4 is 44.6 Å². The average Bonchev–Trinajstić information content (AvgIpc) is 3.63. The van der Waals surface area contributed by atoms with Crippen molar-refractivity contribution >= 4 is 124 Å². The van der Waals surface area contributed by atoms with Crippen molar-refractivity contribution in [1.29, 1.82) is 0 Å². The van der Waals surface area contributed by atoms with Crippen LogP contribution >= 0.6 is 86.4 Å². The molecular weight excluding hydrogens is 1170 g/mol. The molecule has 4 aliphatic heterocycles. The predicted molar refractivity (Wildman–Crippen MR) is 290 cm³/mol. The summed E-state index contributed by atoms with van der Waals surface area (Å²) in [5, 5.41) is 27.4. The Hall–Kier alpha value is -5.43. The summed E-state index contributed by atoms with van der Waals surface area (Å²) in [6.45, 7) is 0. The van der Waals surface area contributed by atoms with Crippen LogP contribution in [0.1, 0.15) is 27.0 Å². The number of ether oxygens (including phenoxy) is 2. The molecule has 0 radical (unpaired) electrons. The molecule has 0 bridgehead atoms. The molecule has 350 valence electrons. The van der Waals surface area contributed by atoms with Gasteiger partial charge in [-0.05, 0) is 98.6 Å². The first-order valence-electron chi connectivity index (χ1n) is 21.3. The molecule has 0 N–H and O–H groups in total. The highest BCUT2D eigenvalue weighted by Gasteiger charge is 2.54. The molecule has 17 heteroatoms. The van der Waals surface area contributed by atoms with Crippen LogP contribution in [0.25, 0.3) is 41.6 Å². The fraction of sp³-hybridized carbons (Fsp3) is 0.173. The largest absolute Gasteiger partial charge is 0.871 e. The number of carbonyl (C=O) groups excluding carboxylic acids is 1. The minimum absolute atomic E-state index is 0.162. The molecule has 0 aromatic heterocycles. The molecule has 6 aliphatic rings. The lowest BCUT2D eigenvalue weighted by Gasteiger charge is -2.39. The minimum Gasteiger partial charge on any atom is -0.871 e. The zero-order chi connectivity index (χ0) is 49.2. The SMILES string of the molecule is CN(C)c1ccc2nc3ccc(=[N+](C)C)cc-3sc2c1.CN(C)c1ccc2nc3ccc(=[N+](C)C)cc-3sc2c1.O=C1OC2(c3ccccc31)c1cc(Br)c([O-])c(Br)c1Oc1c2cc(Br)c([O-])c1Br. The molecule has 0 saturated heterocycles. The Kier molecular flexibility index (Phi) is 13.4. The first-order valence-corrected chi connectivity index (χ1v) is 26.1. The Bertz CT molecular complexity index is 3440. The molecule has 0 saturated carbocycles.